The summed E-state index contributed by atoms with van der Waals surface area (Å²) in [7, 11) is 0. The molecule has 0 radical (unpaired) electrons. The molecule has 1 N–H and O–H groups in total. The first-order valence-corrected chi connectivity index (χ1v) is 8.87. The molecule has 3 aromatic heterocycles. The largest absolute Gasteiger partial charge is 0.363 e. The molecule has 0 aliphatic rings. The van der Waals surface area contributed by atoms with E-state index in [0.717, 1.165) is 35.3 Å². The molecule has 0 saturated heterocycles. The van der Waals surface area contributed by atoms with Gasteiger partial charge in [-0.25, -0.2) is 23.9 Å². The number of aromatic nitrogens is 5. The van der Waals surface area contributed by atoms with Gasteiger partial charge in [-0.05, 0) is 30.2 Å². The number of benzene rings is 1. The monoisotopic (exact) mass is 364 g/mol. The zero-order chi connectivity index (χ0) is 18.6. The summed E-state index contributed by atoms with van der Waals surface area (Å²) >= 11 is 0. The number of rotatable bonds is 6. The van der Waals surface area contributed by atoms with Crippen LogP contribution in [-0.2, 0) is 0 Å². The quantitative estimate of drug-likeness (QED) is 0.545. The van der Waals surface area contributed by atoms with Crippen molar-refractivity contribution in [1.29, 1.82) is 0 Å². The molecule has 1 atom stereocenters. The summed E-state index contributed by atoms with van der Waals surface area (Å²) in [5.74, 6) is 0.469. The normalized spacial score (nSPS) is 12.2. The molecule has 1 aromatic carbocycles. The number of nitrogens with zero attached hydrogens (tertiary/aromatic N) is 5. The second kappa shape index (κ2) is 7.49. The third-order valence-electron chi connectivity index (χ3n) is 4.39. The van der Waals surface area contributed by atoms with Crippen molar-refractivity contribution < 1.29 is 5.82 Å². The van der Waals surface area contributed by atoms with Crippen molar-refractivity contribution in [3.8, 4) is 11.3 Å². The second-order valence-electron chi connectivity index (χ2n) is 6.27. The zero-order valence-electron chi connectivity index (χ0n) is 14.9. The fourth-order valence-corrected chi connectivity index (χ4v) is 3.08. The molecule has 0 bridgehead atoms. The van der Waals surface area contributed by atoms with Crippen LogP contribution in [0.4, 0.5) is 10.2 Å². The number of halogens is 1. The van der Waals surface area contributed by atoms with Crippen molar-refractivity contribution in [2.24, 2.45) is 0 Å². The van der Waals surface area contributed by atoms with Gasteiger partial charge in [0, 0.05) is 19.9 Å². The van der Waals surface area contributed by atoms with Crippen LogP contribution < -0.4 is 5.32 Å². The Labute approximate surface area is 157 Å². The van der Waals surface area contributed by atoms with E-state index in [1.165, 1.54) is 18.5 Å². The van der Waals surface area contributed by atoms with E-state index < -0.39 is 0 Å². The van der Waals surface area contributed by atoms with Gasteiger partial charge in [0.1, 0.15) is 18.0 Å². The predicted octanol–water partition coefficient (Wildman–Crippen LogP) is 4.52. The van der Waals surface area contributed by atoms with Crippen LogP contribution in [0.2, 0.25) is 0 Å². The smallest absolute Gasteiger partial charge is 0.164 e. The summed E-state index contributed by atoms with van der Waals surface area (Å²) in [6, 6.07) is 10.3. The molecule has 0 unspecified atom stereocenters. The summed E-state index contributed by atoms with van der Waals surface area (Å²) in [6.07, 6.45) is 8.74. The van der Waals surface area contributed by atoms with E-state index in [2.05, 4.69) is 32.3 Å². The van der Waals surface area contributed by atoms with E-state index in [1.807, 2.05) is 18.3 Å². The van der Waals surface area contributed by atoms with Crippen molar-refractivity contribution in [2.75, 3.05) is 5.32 Å². The number of hydrogen-bond donors (Lipinski definition) is 1. The van der Waals surface area contributed by atoms with E-state index in [0.29, 0.717) is 5.82 Å². The first kappa shape index (κ1) is 17.1. The molecule has 0 aliphatic carbocycles. The molecule has 4 rings (SSSR count). The Morgan fingerprint density at radius 1 is 1.19 bits per heavy atom. The lowest BCUT2D eigenvalue weighted by Gasteiger charge is -2.19. The van der Waals surface area contributed by atoms with Crippen molar-refractivity contribution in [3.05, 3.63) is 72.7 Å². The van der Waals surface area contributed by atoms with E-state index in [4.69, 9.17) is 0 Å². The molecule has 4 aromatic rings. The van der Waals surface area contributed by atoms with Gasteiger partial charge in [0.25, 0.3) is 0 Å². The molecule has 0 aliphatic heterocycles. The lowest BCUT2D eigenvalue weighted by Crippen LogP contribution is -2.12. The maximum atomic E-state index is 13.2. The van der Waals surface area contributed by atoms with Gasteiger partial charge in [0.15, 0.2) is 5.65 Å². The summed E-state index contributed by atoms with van der Waals surface area (Å²) in [5, 5.41) is 7.75. The van der Waals surface area contributed by atoms with Gasteiger partial charge in [-0.3, -0.25) is 0 Å². The predicted molar refractivity (Wildman–Crippen MR) is 104 cm³/mol. The Bertz CT molecular complexity index is 1050. The first-order chi connectivity index (χ1) is 13.2. The molecule has 7 heteroatoms. The minimum Gasteiger partial charge on any atom is -0.363 e. The van der Waals surface area contributed by atoms with Crippen LogP contribution in [0, 0.1) is 5.82 Å². The second-order valence-corrected chi connectivity index (χ2v) is 6.27. The van der Waals surface area contributed by atoms with E-state index >= 15 is 0 Å². The fourth-order valence-electron chi connectivity index (χ4n) is 3.08. The van der Waals surface area contributed by atoms with Crippen molar-refractivity contribution >= 4 is 11.5 Å². The molecule has 0 amide bonds. The highest BCUT2D eigenvalue weighted by atomic mass is 19.1. The Balaban J connectivity index is 0.00000225. The molecular weight excluding hydrogens is 343 g/mol. The highest BCUT2D eigenvalue weighted by molar-refractivity contribution is 5.75. The lowest BCUT2D eigenvalue weighted by atomic mass is 10.0. The van der Waals surface area contributed by atoms with E-state index in [1.54, 1.807) is 29.0 Å². The molecule has 0 saturated carbocycles. The third-order valence-corrected chi connectivity index (χ3v) is 4.39. The maximum Gasteiger partial charge on any atom is 0.164 e. The zero-order valence-corrected chi connectivity index (χ0v) is 14.9. The van der Waals surface area contributed by atoms with E-state index in [-0.39, 0.29) is 13.3 Å². The van der Waals surface area contributed by atoms with Crippen LogP contribution >= 0.6 is 0 Å². The van der Waals surface area contributed by atoms with Crippen LogP contribution in [-0.4, -0.2) is 24.6 Å². The fraction of sp³-hybridized carbons (Fsp3) is 0.200. The molecule has 0 spiro atoms. The average Bonchev–Trinajstić information content (AvgIpc) is 3.13. The summed E-state index contributed by atoms with van der Waals surface area (Å²) < 4.78 is 15.0. The molecule has 27 heavy (non-hydrogen) atoms. The van der Waals surface area contributed by atoms with Gasteiger partial charge in [-0.2, -0.15) is 5.10 Å². The third kappa shape index (κ3) is 3.62. The van der Waals surface area contributed by atoms with Crippen molar-refractivity contribution in [3.63, 3.8) is 0 Å². The standard InChI is InChI=1S/C20H19FN6.H2/c1-2-4-17(14-5-7-15(21)8-6-14)26-19-11-18(23-13-24-19)16-12-25-27-10-3-9-22-20(16)27;/h3,5-13,17H,2,4H2,1H3,(H,23,24,26);1H/t17-;/m0./s1. The highest BCUT2D eigenvalue weighted by Crippen LogP contribution is 2.26. The van der Waals surface area contributed by atoms with Gasteiger partial charge < -0.3 is 5.32 Å². The average molecular weight is 364 g/mol. The molecule has 138 valence electrons. The lowest BCUT2D eigenvalue weighted by molar-refractivity contribution is 0.623. The van der Waals surface area contributed by atoms with Crippen molar-refractivity contribution in [2.45, 2.75) is 25.8 Å². The van der Waals surface area contributed by atoms with Crippen LogP contribution in [0.1, 0.15) is 32.8 Å². The summed E-state index contributed by atoms with van der Waals surface area (Å²) in [5.41, 5.74) is 3.35. The number of hydrogen-bond acceptors (Lipinski definition) is 5. The first-order valence-electron chi connectivity index (χ1n) is 8.87. The van der Waals surface area contributed by atoms with Crippen LogP contribution in [0.5, 0.6) is 0 Å². The Kier molecular flexibility index (Phi) is 4.74. The van der Waals surface area contributed by atoms with Crippen molar-refractivity contribution in [1.82, 2.24) is 24.6 Å². The Morgan fingerprint density at radius 2 is 2.04 bits per heavy atom. The number of anilines is 1. The molecule has 0 fully saturated rings. The minimum absolute atomic E-state index is 0. The molecule has 6 nitrogen and oxygen atoms in total. The minimum atomic E-state index is -0.237. The van der Waals surface area contributed by atoms with E-state index in [9.17, 15) is 4.39 Å². The Morgan fingerprint density at radius 3 is 2.85 bits per heavy atom. The summed E-state index contributed by atoms with van der Waals surface area (Å²) in [4.78, 5) is 13.1. The number of nitrogens with one attached hydrogen (secondary N) is 1. The number of fused-ring (bicyclic) bond motifs is 1. The molecule has 3 heterocycles. The van der Waals surface area contributed by atoms with Gasteiger partial charge in [-0.15, -0.1) is 0 Å². The van der Waals surface area contributed by atoms with Gasteiger partial charge >= 0.3 is 0 Å². The van der Waals surface area contributed by atoms with Crippen LogP contribution in [0.25, 0.3) is 16.9 Å². The van der Waals surface area contributed by atoms with Gasteiger partial charge in [0.05, 0.1) is 23.5 Å². The maximum absolute atomic E-state index is 13.2. The Hall–Kier alpha value is -3.35. The van der Waals surface area contributed by atoms with Gasteiger partial charge in [0.2, 0.25) is 0 Å². The van der Waals surface area contributed by atoms with Crippen LogP contribution in [0.3, 0.4) is 0 Å². The summed E-state index contributed by atoms with van der Waals surface area (Å²) in [6.45, 7) is 2.12. The highest BCUT2D eigenvalue weighted by Gasteiger charge is 2.14. The SMILES string of the molecule is CCC[C@H](Nc1cc(-c2cnn3cccnc23)ncn1)c1ccc(F)cc1.[HH]. The van der Waals surface area contributed by atoms with Gasteiger partial charge in [-0.1, -0.05) is 25.5 Å². The van der Waals surface area contributed by atoms with Crippen LogP contribution in [0.15, 0.2) is 61.3 Å². The molecular formula is C20H21FN6. The topological polar surface area (TPSA) is 68.0 Å².